The molecule has 23 heavy (non-hydrogen) atoms. The fraction of sp³-hybridized carbons (Fsp3) is 0.118. The molecule has 0 saturated carbocycles. The Hall–Kier alpha value is -2.56. The molecule has 1 aromatic heterocycles. The third-order valence-corrected chi connectivity index (χ3v) is 4.31. The first-order valence-electron chi connectivity index (χ1n) is 6.95. The lowest BCUT2D eigenvalue weighted by molar-refractivity contribution is -0.711. The minimum atomic E-state index is -0.690. The second kappa shape index (κ2) is 6.28. The summed E-state index contributed by atoms with van der Waals surface area (Å²) in [5.41, 5.74) is 0.780. The average molecular weight is 370 g/mol. The molecule has 1 aliphatic rings. The Morgan fingerprint density at radius 1 is 1.09 bits per heavy atom. The Bertz CT molecular complexity index is 811. The summed E-state index contributed by atoms with van der Waals surface area (Å²) < 4.78 is 2.60. The lowest BCUT2D eigenvalue weighted by Gasteiger charge is -2.28. The molecule has 1 fully saturated rings. The number of hydrogen-bond donors (Lipinski definition) is 1. The molecular weight excluding hydrogens is 358 g/mol. The van der Waals surface area contributed by atoms with Crippen LogP contribution in [0.15, 0.2) is 64.9 Å². The van der Waals surface area contributed by atoms with Crippen molar-refractivity contribution >= 4 is 33.6 Å². The second-order valence-electron chi connectivity index (χ2n) is 5.14. The number of carbonyl (C=O) groups is 2. The second-order valence-corrected chi connectivity index (χ2v) is 6.06. The van der Waals surface area contributed by atoms with Crippen molar-refractivity contribution in [1.29, 1.82) is 0 Å². The van der Waals surface area contributed by atoms with Gasteiger partial charge in [-0.2, -0.15) is 4.57 Å². The van der Waals surface area contributed by atoms with Gasteiger partial charge in [-0.3, -0.25) is 20.8 Å². The zero-order valence-corrected chi connectivity index (χ0v) is 13.5. The van der Waals surface area contributed by atoms with Crippen molar-refractivity contribution in [2.75, 3.05) is 0 Å². The highest BCUT2D eigenvalue weighted by molar-refractivity contribution is 9.10. The largest absolute Gasteiger partial charge is 0.763 e. The summed E-state index contributed by atoms with van der Waals surface area (Å²) in [5, 5.41) is 11.7. The molecule has 6 heteroatoms. The van der Waals surface area contributed by atoms with Gasteiger partial charge in [-0.25, -0.2) is 0 Å². The van der Waals surface area contributed by atoms with E-state index in [1.54, 1.807) is 29.1 Å². The fourth-order valence-electron chi connectivity index (χ4n) is 2.75. The summed E-state index contributed by atoms with van der Waals surface area (Å²) in [4.78, 5) is 24.5. The first kappa shape index (κ1) is 15.3. The zero-order chi connectivity index (χ0) is 16.4. The van der Waals surface area contributed by atoms with Crippen molar-refractivity contribution in [1.82, 2.24) is 5.32 Å². The molecule has 1 aromatic carbocycles. The van der Waals surface area contributed by atoms with Crippen molar-refractivity contribution in [2.45, 2.75) is 12.0 Å². The topological polar surface area (TPSA) is 72.3 Å². The van der Waals surface area contributed by atoms with Gasteiger partial charge in [-0.1, -0.05) is 34.1 Å². The minimum absolute atomic E-state index is 0.0354. The number of benzene rings is 1. The molecule has 0 spiro atoms. The Balaban J connectivity index is 2.17. The van der Waals surface area contributed by atoms with Crippen molar-refractivity contribution in [3.8, 4) is 0 Å². The fourth-order valence-corrected chi connectivity index (χ4v) is 3.01. The van der Waals surface area contributed by atoms with E-state index in [9.17, 15) is 15.0 Å². The molecule has 2 aromatic rings. The van der Waals surface area contributed by atoms with Crippen LogP contribution in [0.3, 0.4) is 0 Å². The number of nitrogens with zero attached hydrogens (tertiary/aromatic N) is 2. The number of nitrogens with one attached hydrogen (secondary N) is 1. The summed E-state index contributed by atoms with van der Waals surface area (Å²) in [7, 11) is 0. The summed E-state index contributed by atoms with van der Waals surface area (Å²) in [6.45, 7) is 0. The van der Waals surface area contributed by atoms with E-state index in [1.165, 1.54) is 0 Å². The van der Waals surface area contributed by atoms with Gasteiger partial charge in [-0.15, -0.1) is 0 Å². The predicted octanol–water partition coefficient (Wildman–Crippen LogP) is 1.88. The maximum absolute atomic E-state index is 12.4. The number of imide groups is 1. The molecule has 0 bridgehead atoms. The number of piperidine rings is 1. The first-order valence-corrected chi connectivity index (χ1v) is 7.74. The third kappa shape index (κ3) is 2.86. The molecule has 3 rings (SSSR count). The van der Waals surface area contributed by atoms with E-state index in [-0.39, 0.29) is 5.57 Å². The predicted molar refractivity (Wildman–Crippen MR) is 87.6 cm³/mol. The van der Waals surface area contributed by atoms with E-state index in [2.05, 4.69) is 21.2 Å². The molecule has 2 amide bonds. The smallest absolute Gasteiger partial charge is 0.296 e. The Morgan fingerprint density at radius 2 is 1.74 bits per heavy atom. The van der Waals surface area contributed by atoms with Gasteiger partial charge in [0.25, 0.3) is 11.8 Å². The monoisotopic (exact) mass is 369 g/mol. The molecule has 0 unspecified atom stereocenters. The summed E-state index contributed by atoms with van der Waals surface area (Å²) >= 11 is 3.36. The van der Waals surface area contributed by atoms with Gasteiger partial charge in [0.15, 0.2) is 12.4 Å². The number of carbonyl (C=O) groups excluding carboxylic acids is 2. The molecular formula is C17H12BrN3O2. The van der Waals surface area contributed by atoms with Crippen molar-refractivity contribution < 1.29 is 14.2 Å². The van der Waals surface area contributed by atoms with Gasteiger partial charge in [0.2, 0.25) is 6.04 Å². The minimum Gasteiger partial charge on any atom is -0.763 e. The molecule has 2 heterocycles. The first-order chi connectivity index (χ1) is 11.1. The van der Waals surface area contributed by atoms with Crippen LogP contribution in [0, 0.1) is 0 Å². The molecule has 0 radical (unpaired) electrons. The summed E-state index contributed by atoms with van der Waals surface area (Å²) in [6, 6.07) is 12.0. The standard InChI is InChI=1S/C17H12BrN3O2/c18-12-6-4-11(5-7-12)14-13(10-19)16(22)20-17(23)15(14)21-8-2-1-3-9-21/h1-9,14-15H,(H,20,22,23)/t14-,15+/m0/s1. The number of amides is 2. The van der Waals surface area contributed by atoms with Crippen LogP contribution in [0.4, 0.5) is 0 Å². The quantitative estimate of drug-likeness (QED) is 0.380. The number of halogens is 1. The van der Waals surface area contributed by atoms with Crippen LogP contribution in [0.2, 0.25) is 0 Å². The van der Waals surface area contributed by atoms with Gasteiger partial charge < -0.3 is 5.41 Å². The molecule has 0 aliphatic carbocycles. The van der Waals surface area contributed by atoms with Gasteiger partial charge in [0, 0.05) is 16.6 Å². The van der Waals surface area contributed by atoms with Crippen LogP contribution in [0.25, 0.3) is 5.41 Å². The van der Waals surface area contributed by atoms with Gasteiger partial charge in [0.05, 0.1) is 11.5 Å². The SMILES string of the molecule is [N-]=C=C1C(=O)NC(=O)[C@H]([n+]2ccccc2)[C@H]1c1ccc(Br)cc1. The lowest BCUT2D eigenvalue weighted by atomic mass is 9.81. The van der Waals surface area contributed by atoms with Crippen LogP contribution >= 0.6 is 15.9 Å². The van der Waals surface area contributed by atoms with E-state index < -0.39 is 23.8 Å². The van der Waals surface area contributed by atoms with Crippen LogP contribution in [0.1, 0.15) is 17.5 Å². The maximum Gasteiger partial charge on any atom is 0.296 e. The summed E-state index contributed by atoms with van der Waals surface area (Å²) in [5.74, 6) is 0.296. The highest BCUT2D eigenvalue weighted by Crippen LogP contribution is 2.35. The number of aromatic nitrogens is 1. The van der Waals surface area contributed by atoms with E-state index >= 15 is 0 Å². The number of pyridine rings is 1. The average Bonchev–Trinajstić information content (AvgIpc) is 2.56. The molecule has 114 valence electrons. The van der Waals surface area contributed by atoms with Gasteiger partial charge in [-0.05, 0) is 17.7 Å². The zero-order valence-electron chi connectivity index (χ0n) is 11.9. The Morgan fingerprint density at radius 3 is 2.35 bits per heavy atom. The van der Waals surface area contributed by atoms with E-state index in [0.717, 1.165) is 10.0 Å². The molecule has 1 aliphatic heterocycles. The Kier molecular flexibility index (Phi) is 4.19. The highest BCUT2D eigenvalue weighted by atomic mass is 79.9. The van der Waals surface area contributed by atoms with Crippen LogP contribution in [-0.2, 0) is 9.59 Å². The lowest BCUT2D eigenvalue weighted by Crippen LogP contribution is -2.57. The van der Waals surface area contributed by atoms with Crippen LogP contribution < -0.4 is 9.88 Å². The Labute approximate surface area is 141 Å². The van der Waals surface area contributed by atoms with Gasteiger partial charge in [0.1, 0.15) is 0 Å². The van der Waals surface area contributed by atoms with Crippen molar-refractivity contribution in [3.63, 3.8) is 0 Å². The highest BCUT2D eigenvalue weighted by Gasteiger charge is 2.46. The number of hydrogen-bond acceptors (Lipinski definition) is 2. The van der Waals surface area contributed by atoms with Crippen LogP contribution in [0.5, 0.6) is 0 Å². The maximum atomic E-state index is 12.4. The molecule has 2 atom stereocenters. The molecule has 5 nitrogen and oxygen atoms in total. The van der Waals surface area contributed by atoms with Crippen molar-refractivity contribution in [3.05, 3.63) is 75.9 Å². The van der Waals surface area contributed by atoms with E-state index in [1.807, 2.05) is 36.2 Å². The van der Waals surface area contributed by atoms with E-state index in [4.69, 9.17) is 0 Å². The van der Waals surface area contributed by atoms with Gasteiger partial charge >= 0.3 is 0 Å². The van der Waals surface area contributed by atoms with E-state index in [0.29, 0.717) is 0 Å². The third-order valence-electron chi connectivity index (χ3n) is 3.79. The van der Waals surface area contributed by atoms with Crippen LogP contribution in [-0.4, -0.2) is 17.7 Å². The normalized spacial score (nSPS) is 20.8. The number of rotatable bonds is 2. The van der Waals surface area contributed by atoms with Crippen molar-refractivity contribution in [2.24, 2.45) is 0 Å². The molecule has 1 N–H and O–H groups in total. The summed E-state index contributed by atoms with van der Waals surface area (Å²) in [6.07, 6.45) is 3.50. The molecule has 1 saturated heterocycles.